The molecule has 0 bridgehead atoms. The number of carbonyl (C=O) groups is 2. The minimum Gasteiger partial charge on any atom is -0.450 e. The first kappa shape index (κ1) is 12.6. The zero-order chi connectivity index (χ0) is 12.8. The highest BCUT2D eigenvalue weighted by Gasteiger charge is 2.29. The van der Waals surface area contributed by atoms with Crippen molar-refractivity contribution in [3.8, 4) is 0 Å². The molecule has 1 saturated carbocycles. The highest BCUT2D eigenvalue weighted by Crippen LogP contribution is 2.13. The van der Waals surface area contributed by atoms with Crippen molar-refractivity contribution >= 4 is 11.9 Å². The summed E-state index contributed by atoms with van der Waals surface area (Å²) in [5.41, 5.74) is 1.23. The van der Waals surface area contributed by atoms with E-state index in [1.54, 1.807) is 0 Å². The standard InChI is InChI=1S/C14H17NO3/c16-13-9-8-12(13)15-14(17)18-10-4-7-11-5-2-1-3-6-11/h1-3,5-6,12H,4,7-10H2,(H,15,17)/t12-/m0/s1. The molecule has 0 unspecified atom stereocenters. The summed E-state index contributed by atoms with van der Waals surface area (Å²) in [5, 5.41) is 2.55. The summed E-state index contributed by atoms with van der Waals surface area (Å²) in [7, 11) is 0. The van der Waals surface area contributed by atoms with Crippen molar-refractivity contribution in [3.63, 3.8) is 0 Å². The van der Waals surface area contributed by atoms with Gasteiger partial charge in [0, 0.05) is 6.42 Å². The lowest BCUT2D eigenvalue weighted by Gasteiger charge is -2.24. The maximum atomic E-state index is 11.3. The van der Waals surface area contributed by atoms with Gasteiger partial charge in [0.2, 0.25) is 0 Å². The summed E-state index contributed by atoms with van der Waals surface area (Å²) in [5.74, 6) is 0.0937. The van der Waals surface area contributed by atoms with E-state index in [4.69, 9.17) is 4.74 Å². The molecule has 1 aliphatic rings. The Kier molecular flexibility index (Phi) is 4.34. The smallest absolute Gasteiger partial charge is 0.407 e. The number of benzene rings is 1. The van der Waals surface area contributed by atoms with E-state index in [2.05, 4.69) is 5.32 Å². The van der Waals surface area contributed by atoms with Crippen molar-refractivity contribution in [1.29, 1.82) is 0 Å². The number of amides is 1. The average Bonchev–Trinajstić information content (AvgIpc) is 2.40. The molecule has 1 amide bonds. The van der Waals surface area contributed by atoms with E-state index in [1.165, 1.54) is 5.56 Å². The predicted octanol–water partition coefficient (Wildman–Crippen LogP) is 2.08. The normalized spacial score (nSPS) is 18.0. The number of alkyl carbamates (subject to hydrolysis) is 1. The Hall–Kier alpha value is -1.84. The van der Waals surface area contributed by atoms with Crippen LogP contribution in [-0.4, -0.2) is 24.5 Å². The molecule has 0 aromatic heterocycles. The summed E-state index contributed by atoms with van der Waals surface area (Å²) >= 11 is 0. The molecule has 0 radical (unpaired) electrons. The third-order valence-corrected chi connectivity index (χ3v) is 3.05. The van der Waals surface area contributed by atoms with Gasteiger partial charge >= 0.3 is 6.09 Å². The van der Waals surface area contributed by atoms with Crippen LogP contribution < -0.4 is 5.32 Å². The van der Waals surface area contributed by atoms with Gasteiger partial charge in [0.1, 0.15) is 0 Å². The van der Waals surface area contributed by atoms with Crippen LogP contribution in [-0.2, 0) is 16.0 Å². The van der Waals surface area contributed by atoms with Crippen LogP contribution >= 0.6 is 0 Å². The fourth-order valence-electron chi connectivity index (χ4n) is 1.83. The Morgan fingerprint density at radius 3 is 2.72 bits per heavy atom. The molecule has 1 aromatic carbocycles. The summed E-state index contributed by atoms with van der Waals surface area (Å²) in [6.07, 6.45) is 2.49. The molecule has 2 rings (SSSR count). The number of hydrogen-bond acceptors (Lipinski definition) is 3. The number of Topliss-reactive ketones (excluding diaryl/α,β-unsaturated/α-hetero) is 1. The van der Waals surface area contributed by atoms with E-state index >= 15 is 0 Å². The highest BCUT2D eigenvalue weighted by atomic mass is 16.5. The molecule has 4 nitrogen and oxygen atoms in total. The van der Waals surface area contributed by atoms with Crippen LogP contribution in [0.5, 0.6) is 0 Å². The van der Waals surface area contributed by atoms with Gasteiger partial charge in [-0.15, -0.1) is 0 Å². The highest BCUT2D eigenvalue weighted by molar-refractivity contribution is 5.92. The largest absolute Gasteiger partial charge is 0.450 e. The Morgan fingerprint density at radius 1 is 1.33 bits per heavy atom. The molecule has 1 N–H and O–H groups in total. The molecular weight excluding hydrogens is 230 g/mol. The summed E-state index contributed by atoms with van der Waals surface area (Å²) in [6, 6.07) is 9.74. The predicted molar refractivity (Wildman–Crippen MR) is 67.3 cm³/mol. The molecule has 0 spiro atoms. The van der Waals surface area contributed by atoms with Gasteiger partial charge in [0.15, 0.2) is 5.78 Å². The lowest BCUT2D eigenvalue weighted by Crippen LogP contribution is -2.47. The molecule has 1 atom stereocenters. The van der Waals surface area contributed by atoms with Crippen LogP contribution in [0.4, 0.5) is 4.79 Å². The van der Waals surface area contributed by atoms with Crippen molar-refractivity contribution < 1.29 is 14.3 Å². The minimum atomic E-state index is -0.485. The van der Waals surface area contributed by atoms with Crippen molar-refractivity contribution in [2.45, 2.75) is 31.7 Å². The maximum Gasteiger partial charge on any atom is 0.407 e. The average molecular weight is 247 g/mol. The number of ether oxygens (including phenoxy) is 1. The van der Waals surface area contributed by atoms with Gasteiger partial charge in [-0.2, -0.15) is 0 Å². The van der Waals surface area contributed by atoms with Crippen LogP contribution in [0.25, 0.3) is 0 Å². The molecule has 1 fully saturated rings. The zero-order valence-corrected chi connectivity index (χ0v) is 10.2. The van der Waals surface area contributed by atoms with Gasteiger partial charge in [-0.3, -0.25) is 4.79 Å². The SMILES string of the molecule is O=C(N[C@H]1CCC1=O)OCCCc1ccccc1. The number of carbonyl (C=O) groups excluding carboxylic acids is 2. The summed E-state index contributed by atoms with van der Waals surface area (Å²) < 4.78 is 5.02. The van der Waals surface area contributed by atoms with E-state index in [0.717, 1.165) is 19.3 Å². The Labute approximate surface area is 106 Å². The maximum absolute atomic E-state index is 11.3. The van der Waals surface area contributed by atoms with Gasteiger partial charge in [0.25, 0.3) is 0 Å². The molecule has 0 heterocycles. The molecule has 4 heteroatoms. The van der Waals surface area contributed by atoms with Gasteiger partial charge < -0.3 is 10.1 Å². The quantitative estimate of drug-likeness (QED) is 0.810. The molecule has 18 heavy (non-hydrogen) atoms. The van der Waals surface area contributed by atoms with Crippen molar-refractivity contribution in [2.75, 3.05) is 6.61 Å². The van der Waals surface area contributed by atoms with E-state index in [0.29, 0.717) is 13.0 Å². The van der Waals surface area contributed by atoms with Crippen LogP contribution in [0.3, 0.4) is 0 Å². The first-order valence-electron chi connectivity index (χ1n) is 6.25. The van der Waals surface area contributed by atoms with Gasteiger partial charge in [-0.1, -0.05) is 30.3 Å². The fraction of sp³-hybridized carbons (Fsp3) is 0.429. The Balaban J connectivity index is 1.58. The minimum absolute atomic E-state index is 0.0937. The topological polar surface area (TPSA) is 55.4 Å². The molecular formula is C14H17NO3. The fourth-order valence-corrected chi connectivity index (χ4v) is 1.83. The Bertz CT molecular complexity index is 416. The van der Waals surface area contributed by atoms with E-state index < -0.39 is 6.09 Å². The molecule has 0 saturated heterocycles. The third kappa shape index (κ3) is 3.58. The van der Waals surface area contributed by atoms with Gasteiger partial charge in [-0.05, 0) is 24.8 Å². The van der Waals surface area contributed by atoms with Gasteiger partial charge in [0.05, 0.1) is 12.6 Å². The second-order valence-corrected chi connectivity index (χ2v) is 4.43. The van der Waals surface area contributed by atoms with Gasteiger partial charge in [-0.25, -0.2) is 4.79 Å². The van der Waals surface area contributed by atoms with E-state index in [1.807, 2.05) is 30.3 Å². The number of ketones is 1. The lowest BCUT2D eigenvalue weighted by molar-refractivity contribution is -0.126. The second-order valence-electron chi connectivity index (χ2n) is 4.43. The first-order valence-corrected chi connectivity index (χ1v) is 6.25. The first-order chi connectivity index (χ1) is 8.75. The van der Waals surface area contributed by atoms with Crippen LogP contribution in [0.15, 0.2) is 30.3 Å². The summed E-state index contributed by atoms with van der Waals surface area (Å²) in [4.78, 5) is 22.3. The van der Waals surface area contributed by atoms with Crippen LogP contribution in [0.1, 0.15) is 24.8 Å². The van der Waals surface area contributed by atoms with Crippen LogP contribution in [0, 0.1) is 0 Å². The molecule has 96 valence electrons. The van der Waals surface area contributed by atoms with E-state index in [9.17, 15) is 9.59 Å². The van der Waals surface area contributed by atoms with Crippen molar-refractivity contribution in [3.05, 3.63) is 35.9 Å². The van der Waals surface area contributed by atoms with Crippen molar-refractivity contribution in [2.24, 2.45) is 0 Å². The zero-order valence-electron chi connectivity index (χ0n) is 10.2. The number of nitrogens with one attached hydrogen (secondary N) is 1. The molecule has 1 aliphatic carbocycles. The molecule has 1 aromatic rings. The number of rotatable bonds is 5. The number of hydrogen-bond donors (Lipinski definition) is 1. The summed E-state index contributed by atoms with van der Waals surface area (Å²) in [6.45, 7) is 0.377. The third-order valence-electron chi connectivity index (χ3n) is 3.05. The van der Waals surface area contributed by atoms with E-state index in [-0.39, 0.29) is 11.8 Å². The van der Waals surface area contributed by atoms with Crippen LogP contribution in [0.2, 0.25) is 0 Å². The monoisotopic (exact) mass is 247 g/mol. The lowest BCUT2D eigenvalue weighted by atomic mass is 9.91. The molecule has 0 aliphatic heterocycles. The second kappa shape index (κ2) is 6.19. The number of aryl methyl sites for hydroxylation is 1. The van der Waals surface area contributed by atoms with Crippen molar-refractivity contribution in [1.82, 2.24) is 5.32 Å². The Morgan fingerprint density at radius 2 is 2.11 bits per heavy atom.